The summed E-state index contributed by atoms with van der Waals surface area (Å²) in [6.07, 6.45) is 4.51. The molecule has 118 valence electrons. The molecule has 0 bridgehead atoms. The number of nitrogens with zero attached hydrogens (tertiary/aromatic N) is 2. The molecular formula is C18H25N3O. The molecule has 1 aliphatic rings. The van der Waals surface area contributed by atoms with Crippen LogP contribution in [0, 0.1) is 5.92 Å². The Morgan fingerprint density at radius 3 is 3.09 bits per heavy atom. The Balaban J connectivity index is 1.85. The molecule has 4 heteroatoms. The number of pyridine rings is 1. The normalized spacial score (nSPS) is 18.6. The lowest BCUT2D eigenvalue weighted by Crippen LogP contribution is -2.34. The average molecular weight is 299 g/mol. The van der Waals surface area contributed by atoms with Crippen molar-refractivity contribution in [3.05, 3.63) is 30.5 Å². The molecule has 1 N–H and O–H groups in total. The standard InChI is InChI=1S/C18H25N3O/c1-14-4-3-10-21(13-14)18-17-6-5-16(19-9-11-22-2)12-15(17)7-8-20-18/h5-8,12,14,19H,3-4,9-11,13H2,1-2H3. The highest BCUT2D eigenvalue weighted by Crippen LogP contribution is 2.29. The van der Waals surface area contributed by atoms with E-state index >= 15 is 0 Å². The molecule has 0 spiro atoms. The maximum atomic E-state index is 5.08. The number of hydrogen-bond acceptors (Lipinski definition) is 4. The highest BCUT2D eigenvalue weighted by Gasteiger charge is 2.19. The summed E-state index contributed by atoms with van der Waals surface area (Å²) >= 11 is 0. The van der Waals surface area contributed by atoms with Gasteiger partial charge in [-0.1, -0.05) is 6.92 Å². The predicted octanol–water partition coefficient (Wildman–Crippen LogP) is 3.53. The van der Waals surface area contributed by atoms with Crippen molar-refractivity contribution in [2.24, 2.45) is 5.92 Å². The molecule has 3 rings (SSSR count). The number of rotatable bonds is 5. The largest absolute Gasteiger partial charge is 0.383 e. The zero-order chi connectivity index (χ0) is 15.4. The van der Waals surface area contributed by atoms with E-state index in [-0.39, 0.29) is 0 Å². The van der Waals surface area contributed by atoms with E-state index in [1.165, 1.54) is 23.6 Å². The highest BCUT2D eigenvalue weighted by molar-refractivity contribution is 5.94. The maximum Gasteiger partial charge on any atom is 0.136 e. The summed E-state index contributed by atoms with van der Waals surface area (Å²) in [7, 11) is 1.72. The van der Waals surface area contributed by atoms with Crippen molar-refractivity contribution in [2.45, 2.75) is 19.8 Å². The monoisotopic (exact) mass is 299 g/mol. The first-order valence-electron chi connectivity index (χ1n) is 8.14. The number of ether oxygens (including phenoxy) is 1. The first-order chi connectivity index (χ1) is 10.8. The molecule has 0 radical (unpaired) electrons. The van der Waals surface area contributed by atoms with Gasteiger partial charge in [0.15, 0.2) is 0 Å². The van der Waals surface area contributed by atoms with Gasteiger partial charge in [0.25, 0.3) is 0 Å². The summed E-state index contributed by atoms with van der Waals surface area (Å²) in [5.74, 6) is 1.88. The molecule has 2 aromatic rings. The van der Waals surface area contributed by atoms with Gasteiger partial charge in [-0.05, 0) is 48.4 Å². The first-order valence-corrected chi connectivity index (χ1v) is 8.14. The van der Waals surface area contributed by atoms with Gasteiger partial charge in [-0.3, -0.25) is 0 Å². The van der Waals surface area contributed by atoms with Crippen LogP contribution in [0.5, 0.6) is 0 Å². The van der Waals surface area contributed by atoms with Crippen LogP contribution in [0.3, 0.4) is 0 Å². The molecule has 0 amide bonds. The fraction of sp³-hybridized carbons (Fsp3) is 0.500. The zero-order valence-electron chi connectivity index (χ0n) is 13.5. The van der Waals surface area contributed by atoms with Crippen molar-refractivity contribution in [3.63, 3.8) is 0 Å². The van der Waals surface area contributed by atoms with E-state index in [9.17, 15) is 0 Å². The average Bonchev–Trinajstić information content (AvgIpc) is 2.54. The third-order valence-electron chi connectivity index (χ3n) is 4.34. The molecule has 22 heavy (non-hydrogen) atoms. The van der Waals surface area contributed by atoms with E-state index in [4.69, 9.17) is 4.74 Å². The van der Waals surface area contributed by atoms with Gasteiger partial charge >= 0.3 is 0 Å². The Morgan fingerprint density at radius 2 is 2.27 bits per heavy atom. The van der Waals surface area contributed by atoms with Crippen LogP contribution in [0.15, 0.2) is 30.5 Å². The SMILES string of the molecule is COCCNc1ccc2c(N3CCCC(C)C3)nccc2c1. The van der Waals surface area contributed by atoms with Crippen LogP contribution in [-0.2, 0) is 4.74 Å². The number of nitrogens with one attached hydrogen (secondary N) is 1. The summed E-state index contributed by atoms with van der Waals surface area (Å²) in [5, 5.41) is 5.87. The van der Waals surface area contributed by atoms with Gasteiger partial charge in [0.2, 0.25) is 0 Å². The van der Waals surface area contributed by atoms with Gasteiger partial charge in [0.05, 0.1) is 6.61 Å². The number of hydrogen-bond donors (Lipinski definition) is 1. The number of anilines is 2. The van der Waals surface area contributed by atoms with Gasteiger partial charge in [-0.15, -0.1) is 0 Å². The highest BCUT2D eigenvalue weighted by atomic mass is 16.5. The lowest BCUT2D eigenvalue weighted by Gasteiger charge is -2.32. The molecule has 1 aliphatic heterocycles. The third kappa shape index (κ3) is 3.33. The molecule has 1 atom stereocenters. The van der Waals surface area contributed by atoms with Crippen molar-refractivity contribution in [2.75, 3.05) is 43.6 Å². The Morgan fingerprint density at radius 1 is 1.36 bits per heavy atom. The van der Waals surface area contributed by atoms with Crippen molar-refractivity contribution < 1.29 is 4.74 Å². The van der Waals surface area contributed by atoms with Crippen LogP contribution in [0.25, 0.3) is 10.8 Å². The number of aromatic nitrogens is 1. The van der Waals surface area contributed by atoms with Gasteiger partial charge in [-0.25, -0.2) is 4.98 Å². The second kappa shape index (κ2) is 6.97. The van der Waals surface area contributed by atoms with Crippen molar-refractivity contribution in [1.29, 1.82) is 0 Å². The van der Waals surface area contributed by atoms with E-state index in [2.05, 4.69) is 46.4 Å². The van der Waals surface area contributed by atoms with E-state index in [0.717, 1.165) is 37.1 Å². The molecular weight excluding hydrogens is 274 g/mol. The fourth-order valence-electron chi connectivity index (χ4n) is 3.20. The van der Waals surface area contributed by atoms with E-state index in [0.29, 0.717) is 6.61 Å². The van der Waals surface area contributed by atoms with E-state index < -0.39 is 0 Å². The minimum Gasteiger partial charge on any atom is -0.383 e. The molecule has 1 saturated heterocycles. The van der Waals surface area contributed by atoms with Gasteiger partial charge in [-0.2, -0.15) is 0 Å². The van der Waals surface area contributed by atoms with Crippen LogP contribution in [0.2, 0.25) is 0 Å². The number of fused-ring (bicyclic) bond motifs is 1. The number of piperidine rings is 1. The van der Waals surface area contributed by atoms with Crippen LogP contribution in [0.4, 0.5) is 11.5 Å². The molecule has 0 aliphatic carbocycles. The molecule has 1 unspecified atom stereocenters. The maximum absolute atomic E-state index is 5.08. The second-order valence-electron chi connectivity index (χ2n) is 6.18. The second-order valence-corrected chi connectivity index (χ2v) is 6.18. The Kier molecular flexibility index (Phi) is 4.78. The summed E-state index contributed by atoms with van der Waals surface area (Å²) in [4.78, 5) is 7.09. The molecule has 0 saturated carbocycles. The summed E-state index contributed by atoms with van der Waals surface area (Å²) in [6.45, 7) is 6.09. The lowest BCUT2D eigenvalue weighted by molar-refractivity contribution is 0.211. The third-order valence-corrected chi connectivity index (χ3v) is 4.34. The fourth-order valence-corrected chi connectivity index (χ4v) is 3.20. The smallest absolute Gasteiger partial charge is 0.136 e. The van der Waals surface area contributed by atoms with Crippen LogP contribution < -0.4 is 10.2 Å². The summed E-state index contributed by atoms with van der Waals surface area (Å²) in [6, 6.07) is 8.61. The molecule has 1 fully saturated rings. The van der Waals surface area contributed by atoms with E-state index in [1.54, 1.807) is 7.11 Å². The Hall–Kier alpha value is -1.81. The van der Waals surface area contributed by atoms with Crippen LogP contribution in [-0.4, -0.2) is 38.3 Å². The predicted molar refractivity (Wildman–Crippen MR) is 92.7 cm³/mol. The van der Waals surface area contributed by atoms with Crippen LogP contribution in [0.1, 0.15) is 19.8 Å². The molecule has 4 nitrogen and oxygen atoms in total. The van der Waals surface area contributed by atoms with Crippen LogP contribution >= 0.6 is 0 Å². The zero-order valence-corrected chi connectivity index (χ0v) is 13.5. The minimum atomic E-state index is 0.714. The lowest BCUT2D eigenvalue weighted by atomic mass is 9.99. The Bertz CT molecular complexity index is 629. The molecule has 1 aromatic carbocycles. The number of benzene rings is 1. The summed E-state index contributed by atoms with van der Waals surface area (Å²) < 4.78 is 5.08. The summed E-state index contributed by atoms with van der Waals surface area (Å²) in [5.41, 5.74) is 1.13. The van der Waals surface area contributed by atoms with Gasteiger partial charge in [0.1, 0.15) is 5.82 Å². The quantitative estimate of drug-likeness (QED) is 0.857. The first kappa shape index (κ1) is 15.1. The minimum absolute atomic E-state index is 0.714. The topological polar surface area (TPSA) is 37.4 Å². The van der Waals surface area contributed by atoms with Crippen molar-refractivity contribution in [3.8, 4) is 0 Å². The van der Waals surface area contributed by atoms with Crippen molar-refractivity contribution in [1.82, 2.24) is 4.98 Å². The van der Waals surface area contributed by atoms with Gasteiger partial charge in [0, 0.05) is 44.0 Å². The molecule has 1 aromatic heterocycles. The number of methoxy groups -OCH3 is 1. The Labute approximate surface area is 132 Å². The van der Waals surface area contributed by atoms with Gasteiger partial charge < -0.3 is 15.0 Å². The van der Waals surface area contributed by atoms with E-state index in [1.807, 2.05) is 6.20 Å². The molecule has 2 heterocycles. The van der Waals surface area contributed by atoms with Crippen molar-refractivity contribution >= 4 is 22.3 Å².